The van der Waals surface area contributed by atoms with Gasteiger partial charge in [-0.15, -0.1) is 5.10 Å². The van der Waals surface area contributed by atoms with Crippen LogP contribution in [0.15, 0.2) is 30.3 Å². The Bertz CT molecular complexity index is 916. The average molecular weight is 312 g/mol. The fourth-order valence-corrected chi connectivity index (χ4v) is 2.12. The van der Waals surface area contributed by atoms with E-state index in [-0.39, 0.29) is 11.5 Å². The first-order valence-corrected chi connectivity index (χ1v) is 6.71. The maximum absolute atomic E-state index is 12.2. The summed E-state index contributed by atoms with van der Waals surface area (Å²) in [6, 6.07) is 7.34. The van der Waals surface area contributed by atoms with Crippen LogP contribution in [0, 0.1) is 24.0 Å². The largest absolute Gasteiger partial charge is 0.319 e. The second-order valence-electron chi connectivity index (χ2n) is 4.94. The molecular formula is C14H12N6O3. The zero-order valence-electron chi connectivity index (χ0n) is 12.3. The lowest BCUT2D eigenvalue weighted by Gasteiger charge is -2.01. The first-order chi connectivity index (χ1) is 10.9. The Hall–Kier alpha value is -3.36. The van der Waals surface area contributed by atoms with Crippen molar-refractivity contribution in [2.24, 2.45) is 0 Å². The van der Waals surface area contributed by atoms with Crippen LogP contribution in [-0.2, 0) is 0 Å². The van der Waals surface area contributed by atoms with Crippen LogP contribution in [0.25, 0.3) is 5.78 Å². The molecule has 23 heavy (non-hydrogen) atoms. The molecule has 0 fully saturated rings. The van der Waals surface area contributed by atoms with Gasteiger partial charge >= 0.3 is 0 Å². The molecule has 2 aromatic heterocycles. The van der Waals surface area contributed by atoms with Crippen LogP contribution in [0.2, 0.25) is 0 Å². The molecule has 9 nitrogen and oxygen atoms in total. The number of nitrogens with zero attached hydrogens (tertiary/aromatic N) is 5. The predicted molar refractivity (Wildman–Crippen MR) is 81.3 cm³/mol. The van der Waals surface area contributed by atoms with Gasteiger partial charge in [-0.3, -0.25) is 14.9 Å². The van der Waals surface area contributed by atoms with Crippen LogP contribution in [0.3, 0.4) is 0 Å². The number of aryl methyl sites for hydroxylation is 2. The number of aromatic nitrogens is 4. The summed E-state index contributed by atoms with van der Waals surface area (Å²) in [5.74, 6) is -0.192. The molecule has 0 saturated carbocycles. The van der Waals surface area contributed by atoms with Gasteiger partial charge in [-0.25, -0.2) is 9.50 Å². The molecule has 0 bridgehead atoms. The van der Waals surface area contributed by atoms with E-state index in [1.54, 1.807) is 0 Å². The Kier molecular flexibility index (Phi) is 3.45. The van der Waals surface area contributed by atoms with Crippen LogP contribution in [0.5, 0.6) is 0 Å². The van der Waals surface area contributed by atoms with Gasteiger partial charge in [-0.05, 0) is 32.0 Å². The molecular weight excluding hydrogens is 300 g/mol. The number of benzene rings is 1. The maximum Gasteiger partial charge on any atom is 0.295 e. The monoisotopic (exact) mass is 312 g/mol. The molecule has 0 aliphatic rings. The summed E-state index contributed by atoms with van der Waals surface area (Å²) < 4.78 is 1.48. The topological polar surface area (TPSA) is 115 Å². The third-order valence-electron chi connectivity index (χ3n) is 3.16. The Labute approximate surface area is 130 Å². The van der Waals surface area contributed by atoms with E-state index in [4.69, 9.17) is 0 Å². The average Bonchev–Trinajstić information content (AvgIpc) is 2.92. The molecule has 1 amide bonds. The fraction of sp³-hybridized carbons (Fsp3) is 0.143. The van der Waals surface area contributed by atoms with Crippen LogP contribution in [0.1, 0.15) is 22.0 Å². The number of hydrogen-bond acceptors (Lipinski definition) is 6. The third kappa shape index (κ3) is 2.84. The van der Waals surface area contributed by atoms with Crippen molar-refractivity contribution < 1.29 is 9.72 Å². The number of fused-ring (bicyclic) bond motifs is 1. The molecule has 0 spiro atoms. The standard InChI is InChI=1S/C14H12N6O3/c1-8-7-9(2)19-14(15-8)17-12(18-19)13(21)16-10-3-5-11(6-4-10)20(22)23/h3-7H,1-2H3,(H,16,21). The van der Waals surface area contributed by atoms with Gasteiger partial charge in [-0.1, -0.05) is 0 Å². The molecule has 0 saturated heterocycles. The highest BCUT2D eigenvalue weighted by atomic mass is 16.6. The van der Waals surface area contributed by atoms with Gasteiger partial charge < -0.3 is 5.32 Å². The van der Waals surface area contributed by atoms with E-state index in [0.717, 1.165) is 11.4 Å². The van der Waals surface area contributed by atoms with Crippen molar-refractivity contribution in [3.8, 4) is 0 Å². The van der Waals surface area contributed by atoms with Gasteiger partial charge in [0.05, 0.1) is 4.92 Å². The first kappa shape index (κ1) is 14.6. The minimum absolute atomic E-state index is 0.0236. The Morgan fingerprint density at radius 3 is 2.57 bits per heavy atom. The lowest BCUT2D eigenvalue weighted by Crippen LogP contribution is -2.14. The number of nitro groups is 1. The minimum atomic E-state index is -0.513. The number of non-ortho nitro benzene ring substituents is 1. The quantitative estimate of drug-likeness (QED) is 0.583. The molecule has 0 unspecified atom stereocenters. The predicted octanol–water partition coefficient (Wildman–Crippen LogP) is 1.90. The van der Waals surface area contributed by atoms with Gasteiger partial charge in [0.1, 0.15) is 0 Å². The highest BCUT2D eigenvalue weighted by Gasteiger charge is 2.15. The Morgan fingerprint density at radius 2 is 1.91 bits per heavy atom. The Balaban J connectivity index is 1.85. The summed E-state index contributed by atoms with van der Waals surface area (Å²) in [5.41, 5.74) is 1.96. The van der Waals surface area contributed by atoms with Crippen molar-refractivity contribution in [3.63, 3.8) is 0 Å². The third-order valence-corrected chi connectivity index (χ3v) is 3.16. The van der Waals surface area contributed by atoms with E-state index >= 15 is 0 Å². The summed E-state index contributed by atoms with van der Waals surface area (Å²) in [7, 11) is 0. The maximum atomic E-state index is 12.2. The highest BCUT2D eigenvalue weighted by molar-refractivity contribution is 6.01. The lowest BCUT2D eigenvalue weighted by atomic mass is 10.3. The van der Waals surface area contributed by atoms with E-state index in [2.05, 4.69) is 20.4 Å². The zero-order valence-corrected chi connectivity index (χ0v) is 12.3. The van der Waals surface area contributed by atoms with E-state index in [9.17, 15) is 14.9 Å². The zero-order chi connectivity index (χ0) is 16.6. The summed E-state index contributed by atoms with van der Waals surface area (Å²) in [5, 5.41) is 17.3. The highest BCUT2D eigenvalue weighted by Crippen LogP contribution is 2.16. The van der Waals surface area contributed by atoms with Crippen molar-refractivity contribution in [2.45, 2.75) is 13.8 Å². The molecule has 0 radical (unpaired) electrons. The minimum Gasteiger partial charge on any atom is -0.319 e. The van der Waals surface area contributed by atoms with Crippen molar-refractivity contribution in [1.82, 2.24) is 19.6 Å². The van der Waals surface area contributed by atoms with Crippen LogP contribution in [0.4, 0.5) is 11.4 Å². The molecule has 0 atom stereocenters. The van der Waals surface area contributed by atoms with Crippen LogP contribution in [-0.4, -0.2) is 30.4 Å². The number of nitro benzene ring substituents is 1. The molecule has 116 valence electrons. The fourth-order valence-electron chi connectivity index (χ4n) is 2.12. The SMILES string of the molecule is Cc1cc(C)n2nc(C(=O)Nc3ccc([N+](=O)[O-])cc3)nc2n1. The van der Waals surface area contributed by atoms with Crippen LogP contribution >= 0.6 is 0 Å². The van der Waals surface area contributed by atoms with E-state index in [1.165, 1.54) is 28.8 Å². The second kappa shape index (κ2) is 5.44. The number of anilines is 1. The summed E-state index contributed by atoms with van der Waals surface area (Å²) in [4.78, 5) is 30.6. The smallest absolute Gasteiger partial charge is 0.295 e. The van der Waals surface area contributed by atoms with E-state index in [1.807, 2.05) is 19.9 Å². The van der Waals surface area contributed by atoms with Crippen molar-refractivity contribution in [2.75, 3.05) is 5.32 Å². The molecule has 3 aromatic rings. The van der Waals surface area contributed by atoms with Crippen molar-refractivity contribution >= 4 is 23.1 Å². The number of carbonyl (C=O) groups is 1. The van der Waals surface area contributed by atoms with Crippen molar-refractivity contribution in [3.05, 3.63) is 57.7 Å². The lowest BCUT2D eigenvalue weighted by molar-refractivity contribution is -0.384. The van der Waals surface area contributed by atoms with Gasteiger partial charge in [0.2, 0.25) is 5.82 Å². The van der Waals surface area contributed by atoms with Crippen LogP contribution < -0.4 is 5.32 Å². The summed E-state index contributed by atoms with van der Waals surface area (Å²) >= 11 is 0. The number of carbonyl (C=O) groups excluding carboxylic acids is 1. The molecule has 3 rings (SSSR count). The van der Waals surface area contributed by atoms with Gasteiger partial charge in [0.15, 0.2) is 0 Å². The van der Waals surface area contributed by atoms with E-state index < -0.39 is 10.8 Å². The molecule has 9 heteroatoms. The first-order valence-electron chi connectivity index (χ1n) is 6.71. The normalized spacial score (nSPS) is 10.7. The van der Waals surface area contributed by atoms with E-state index in [0.29, 0.717) is 11.5 Å². The summed E-state index contributed by atoms with van der Waals surface area (Å²) in [6.45, 7) is 3.67. The molecule has 1 aromatic carbocycles. The second-order valence-corrected chi connectivity index (χ2v) is 4.94. The molecule has 0 aliphatic carbocycles. The van der Waals surface area contributed by atoms with Gasteiger partial charge in [-0.2, -0.15) is 4.98 Å². The molecule has 1 N–H and O–H groups in total. The number of hydrogen-bond donors (Lipinski definition) is 1. The van der Waals surface area contributed by atoms with Crippen molar-refractivity contribution in [1.29, 1.82) is 0 Å². The summed E-state index contributed by atoms with van der Waals surface area (Å²) in [6.07, 6.45) is 0. The Morgan fingerprint density at radius 1 is 1.22 bits per heavy atom. The molecule has 0 aliphatic heterocycles. The number of amides is 1. The molecule has 2 heterocycles. The number of rotatable bonds is 3. The number of nitrogens with one attached hydrogen (secondary N) is 1. The van der Waals surface area contributed by atoms with Gasteiger partial charge in [0, 0.05) is 29.2 Å². The van der Waals surface area contributed by atoms with Gasteiger partial charge in [0.25, 0.3) is 17.4 Å².